The summed E-state index contributed by atoms with van der Waals surface area (Å²) in [5, 5.41) is 3.05. The van der Waals surface area contributed by atoms with Crippen LogP contribution in [0.15, 0.2) is 47.4 Å². The van der Waals surface area contributed by atoms with Gasteiger partial charge in [-0.3, -0.25) is 14.4 Å². The fourth-order valence-electron chi connectivity index (χ4n) is 4.90. The lowest BCUT2D eigenvalue weighted by molar-refractivity contribution is 0.0383. The van der Waals surface area contributed by atoms with Gasteiger partial charge in [-0.05, 0) is 60.1 Å². The molecule has 0 saturated carbocycles. The van der Waals surface area contributed by atoms with E-state index >= 15 is 0 Å². The molecule has 0 atom stereocenters. The zero-order valence-corrected chi connectivity index (χ0v) is 23.9. The van der Waals surface area contributed by atoms with Crippen molar-refractivity contribution >= 4 is 27.3 Å². The Morgan fingerprint density at radius 1 is 1.00 bits per heavy atom. The van der Waals surface area contributed by atoms with Gasteiger partial charge in [0.2, 0.25) is 0 Å². The molecule has 0 bridgehead atoms. The van der Waals surface area contributed by atoms with Gasteiger partial charge in [-0.1, -0.05) is 39.8 Å². The van der Waals surface area contributed by atoms with Gasteiger partial charge in [0.1, 0.15) is 0 Å². The van der Waals surface area contributed by atoms with Crippen molar-refractivity contribution in [2.45, 2.75) is 50.8 Å². The molecule has 1 amide bonds. The molecule has 0 aliphatic carbocycles. The van der Waals surface area contributed by atoms with Crippen molar-refractivity contribution in [2.75, 3.05) is 62.1 Å². The van der Waals surface area contributed by atoms with Crippen LogP contribution in [0.1, 0.15) is 56.5 Å². The second kappa shape index (κ2) is 12.1. The number of piperidine rings is 1. The second-order valence-corrected chi connectivity index (χ2v) is 13.2. The molecule has 0 spiro atoms. The third-order valence-corrected chi connectivity index (χ3v) is 8.86. The maximum absolute atomic E-state index is 13.4. The van der Waals surface area contributed by atoms with Crippen molar-refractivity contribution < 1.29 is 17.9 Å². The minimum absolute atomic E-state index is 0.0676. The number of morpholine rings is 1. The Bertz CT molecular complexity index is 1190. The number of nitrogens with zero attached hydrogens (tertiary/aromatic N) is 2. The van der Waals surface area contributed by atoms with Gasteiger partial charge < -0.3 is 15.0 Å². The molecule has 2 aromatic carbocycles. The molecular weight excluding hydrogens is 500 g/mol. The molecule has 2 aliphatic rings. The average molecular weight is 543 g/mol. The standard InChI is InChI=1S/C29H42N4O4S/c1-22-11-14-33(15-12-22)27-10-7-24(21-26(27)28(34)30-13-16-32-17-19-37-20-18-32)31-38(35,36)25-8-5-23(6-9-25)29(2,3)4/h5-10,21-22,31H,11-20H2,1-4H3,(H,30,34). The zero-order valence-electron chi connectivity index (χ0n) is 23.1. The predicted molar refractivity (Wildman–Crippen MR) is 153 cm³/mol. The van der Waals surface area contributed by atoms with Crippen molar-refractivity contribution in [1.82, 2.24) is 10.2 Å². The van der Waals surface area contributed by atoms with Crippen molar-refractivity contribution in [2.24, 2.45) is 5.92 Å². The van der Waals surface area contributed by atoms with Crippen molar-refractivity contribution in [3.05, 3.63) is 53.6 Å². The fraction of sp³-hybridized carbons (Fsp3) is 0.552. The maximum atomic E-state index is 13.4. The summed E-state index contributed by atoms with van der Waals surface area (Å²) in [6.07, 6.45) is 2.13. The number of benzene rings is 2. The third kappa shape index (κ3) is 7.27. The minimum Gasteiger partial charge on any atom is -0.379 e. The molecule has 2 saturated heterocycles. The van der Waals surface area contributed by atoms with E-state index in [0.717, 1.165) is 56.8 Å². The molecule has 0 unspecified atom stereocenters. The molecule has 2 aliphatic heterocycles. The number of ether oxygens (including phenoxy) is 1. The number of anilines is 2. The number of hydrogen-bond acceptors (Lipinski definition) is 6. The van der Waals surface area contributed by atoms with Crippen LogP contribution in [0.3, 0.4) is 0 Å². The van der Waals surface area contributed by atoms with Gasteiger partial charge in [0.15, 0.2) is 0 Å². The summed E-state index contributed by atoms with van der Waals surface area (Å²) in [7, 11) is -3.81. The Kier molecular flexibility index (Phi) is 9.00. The largest absolute Gasteiger partial charge is 0.379 e. The Hall–Kier alpha value is -2.62. The normalized spacial score (nSPS) is 17.8. The molecule has 0 radical (unpaired) electrons. The van der Waals surface area contributed by atoms with E-state index in [9.17, 15) is 13.2 Å². The summed E-state index contributed by atoms with van der Waals surface area (Å²) in [6, 6.07) is 12.2. The van der Waals surface area contributed by atoms with E-state index in [2.05, 4.69) is 47.5 Å². The zero-order chi connectivity index (χ0) is 27.3. The molecular formula is C29H42N4O4S. The number of rotatable bonds is 8. The SMILES string of the molecule is CC1CCN(c2ccc(NS(=O)(=O)c3ccc(C(C)(C)C)cc3)cc2C(=O)NCCN2CCOCC2)CC1. The van der Waals surface area contributed by atoms with Crippen LogP contribution in [0, 0.1) is 5.92 Å². The van der Waals surface area contributed by atoms with Gasteiger partial charge >= 0.3 is 0 Å². The lowest BCUT2D eigenvalue weighted by Crippen LogP contribution is -2.41. The molecule has 2 heterocycles. The second-order valence-electron chi connectivity index (χ2n) is 11.5. The number of sulfonamides is 1. The Balaban J connectivity index is 1.53. The first-order valence-electron chi connectivity index (χ1n) is 13.6. The summed E-state index contributed by atoms with van der Waals surface area (Å²) in [4.78, 5) is 18.1. The summed E-state index contributed by atoms with van der Waals surface area (Å²) < 4.78 is 34.4. The average Bonchev–Trinajstić information content (AvgIpc) is 2.89. The number of carbonyl (C=O) groups is 1. The maximum Gasteiger partial charge on any atom is 0.261 e. The molecule has 2 fully saturated rings. The van der Waals surface area contributed by atoms with E-state index < -0.39 is 10.0 Å². The third-order valence-electron chi connectivity index (χ3n) is 7.47. The van der Waals surface area contributed by atoms with Crippen LogP contribution in [-0.2, 0) is 20.2 Å². The minimum atomic E-state index is -3.81. The first-order valence-corrected chi connectivity index (χ1v) is 15.1. The van der Waals surface area contributed by atoms with Gasteiger partial charge in [0.25, 0.3) is 15.9 Å². The first kappa shape index (κ1) is 28.4. The van der Waals surface area contributed by atoms with E-state index in [1.165, 1.54) is 0 Å². The fourth-order valence-corrected chi connectivity index (χ4v) is 5.95. The van der Waals surface area contributed by atoms with Crippen molar-refractivity contribution in [3.8, 4) is 0 Å². The number of nitrogens with one attached hydrogen (secondary N) is 2. The van der Waals surface area contributed by atoms with E-state index in [0.29, 0.717) is 36.9 Å². The molecule has 4 rings (SSSR count). The van der Waals surface area contributed by atoms with Crippen LogP contribution in [0.2, 0.25) is 0 Å². The molecule has 8 nitrogen and oxygen atoms in total. The van der Waals surface area contributed by atoms with Crippen LogP contribution in [0.25, 0.3) is 0 Å². The lowest BCUT2D eigenvalue weighted by Gasteiger charge is -2.33. The molecule has 38 heavy (non-hydrogen) atoms. The molecule has 9 heteroatoms. The van der Waals surface area contributed by atoms with Gasteiger partial charge in [0.05, 0.1) is 23.7 Å². The lowest BCUT2D eigenvalue weighted by atomic mass is 9.87. The van der Waals surface area contributed by atoms with Crippen LogP contribution in [0.4, 0.5) is 11.4 Å². The van der Waals surface area contributed by atoms with Crippen LogP contribution < -0.4 is 14.9 Å². The van der Waals surface area contributed by atoms with E-state index in [-0.39, 0.29) is 16.2 Å². The smallest absolute Gasteiger partial charge is 0.261 e. The van der Waals surface area contributed by atoms with Crippen LogP contribution >= 0.6 is 0 Å². The molecule has 208 valence electrons. The Morgan fingerprint density at radius 3 is 2.29 bits per heavy atom. The summed E-state index contributed by atoms with van der Waals surface area (Å²) in [5.74, 6) is 0.468. The number of hydrogen-bond donors (Lipinski definition) is 2. The van der Waals surface area contributed by atoms with Crippen LogP contribution in [0.5, 0.6) is 0 Å². The van der Waals surface area contributed by atoms with Gasteiger partial charge in [-0.15, -0.1) is 0 Å². The Labute approximate surface area is 227 Å². The highest BCUT2D eigenvalue weighted by Crippen LogP contribution is 2.30. The van der Waals surface area contributed by atoms with Crippen LogP contribution in [-0.4, -0.2) is 71.7 Å². The van der Waals surface area contributed by atoms with E-state index in [1.807, 2.05) is 18.2 Å². The van der Waals surface area contributed by atoms with Crippen molar-refractivity contribution in [1.29, 1.82) is 0 Å². The predicted octanol–water partition coefficient (Wildman–Crippen LogP) is 4.08. The summed E-state index contributed by atoms with van der Waals surface area (Å²) in [6.45, 7) is 14.7. The molecule has 2 N–H and O–H groups in total. The highest BCUT2D eigenvalue weighted by atomic mass is 32.2. The van der Waals surface area contributed by atoms with E-state index in [1.54, 1.807) is 24.3 Å². The number of carbonyl (C=O) groups excluding carboxylic acids is 1. The van der Waals surface area contributed by atoms with Gasteiger partial charge in [-0.25, -0.2) is 8.42 Å². The van der Waals surface area contributed by atoms with Gasteiger partial charge in [-0.2, -0.15) is 0 Å². The highest BCUT2D eigenvalue weighted by molar-refractivity contribution is 7.92. The quantitative estimate of drug-likeness (QED) is 0.522. The Morgan fingerprint density at radius 2 is 1.66 bits per heavy atom. The van der Waals surface area contributed by atoms with Gasteiger partial charge in [0, 0.05) is 50.6 Å². The first-order chi connectivity index (χ1) is 18.0. The topological polar surface area (TPSA) is 91.0 Å². The number of amides is 1. The summed E-state index contributed by atoms with van der Waals surface area (Å²) in [5.41, 5.74) is 2.70. The summed E-state index contributed by atoms with van der Waals surface area (Å²) >= 11 is 0. The van der Waals surface area contributed by atoms with E-state index in [4.69, 9.17) is 4.74 Å². The molecule has 0 aromatic heterocycles. The van der Waals surface area contributed by atoms with Crippen molar-refractivity contribution in [3.63, 3.8) is 0 Å². The molecule has 2 aromatic rings. The highest BCUT2D eigenvalue weighted by Gasteiger charge is 2.23. The monoisotopic (exact) mass is 542 g/mol.